The molecule has 0 aromatic heterocycles. The van der Waals surface area contributed by atoms with Gasteiger partial charge in [0.25, 0.3) is 0 Å². The van der Waals surface area contributed by atoms with Crippen molar-refractivity contribution in [1.29, 1.82) is 0 Å². The smallest absolute Gasteiger partial charge is 0.241 e. The van der Waals surface area contributed by atoms with E-state index in [1.165, 1.54) is 6.92 Å². The Morgan fingerprint density at radius 3 is 2.39 bits per heavy atom. The molecule has 0 heterocycles. The lowest BCUT2D eigenvalue weighted by atomic mass is 10.1. The fourth-order valence-electron chi connectivity index (χ4n) is 1.90. The van der Waals surface area contributed by atoms with Gasteiger partial charge >= 0.3 is 0 Å². The standard InChI is InChI=1S/C12H20N2O3S/c1-7-5-8(2)12(10(4)11(7)13)18(16,17)14-6-9(3)15/h5,9,14-15H,6,13H2,1-4H3. The van der Waals surface area contributed by atoms with Crippen molar-refractivity contribution in [2.75, 3.05) is 12.3 Å². The Bertz CT molecular complexity index is 551. The molecule has 0 aliphatic rings. The Labute approximate surface area is 108 Å². The molecule has 1 unspecified atom stereocenters. The van der Waals surface area contributed by atoms with Crippen molar-refractivity contribution in [3.63, 3.8) is 0 Å². The van der Waals surface area contributed by atoms with Gasteiger partial charge < -0.3 is 10.8 Å². The van der Waals surface area contributed by atoms with E-state index in [0.717, 1.165) is 5.56 Å². The summed E-state index contributed by atoms with van der Waals surface area (Å²) in [7, 11) is -3.65. The molecule has 102 valence electrons. The molecule has 0 saturated heterocycles. The van der Waals surface area contributed by atoms with Crippen molar-refractivity contribution in [3.8, 4) is 0 Å². The third-order valence-corrected chi connectivity index (χ3v) is 4.51. The fraction of sp³-hybridized carbons (Fsp3) is 0.500. The number of nitrogens with one attached hydrogen (secondary N) is 1. The Hall–Kier alpha value is -1.11. The molecule has 0 amide bonds. The Morgan fingerprint density at radius 2 is 1.89 bits per heavy atom. The van der Waals surface area contributed by atoms with Crippen molar-refractivity contribution in [2.24, 2.45) is 0 Å². The van der Waals surface area contributed by atoms with E-state index in [-0.39, 0.29) is 11.4 Å². The van der Waals surface area contributed by atoms with Crippen LogP contribution in [0.15, 0.2) is 11.0 Å². The summed E-state index contributed by atoms with van der Waals surface area (Å²) in [4.78, 5) is 0.200. The highest BCUT2D eigenvalue weighted by Gasteiger charge is 2.22. The number of nitrogens with two attached hydrogens (primary N) is 1. The number of rotatable bonds is 4. The second-order valence-corrected chi connectivity index (χ2v) is 6.28. The molecular formula is C12H20N2O3S. The van der Waals surface area contributed by atoms with Crippen LogP contribution >= 0.6 is 0 Å². The number of aliphatic hydroxyl groups excluding tert-OH is 1. The van der Waals surface area contributed by atoms with Crippen molar-refractivity contribution in [2.45, 2.75) is 38.7 Å². The maximum absolute atomic E-state index is 12.2. The summed E-state index contributed by atoms with van der Waals surface area (Å²) >= 11 is 0. The normalized spacial score (nSPS) is 13.6. The van der Waals surface area contributed by atoms with Gasteiger partial charge in [-0.2, -0.15) is 0 Å². The summed E-state index contributed by atoms with van der Waals surface area (Å²) in [6.07, 6.45) is -0.733. The van der Waals surface area contributed by atoms with Gasteiger partial charge in [0.2, 0.25) is 10.0 Å². The van der Waals surface area contributed by atoms with Gasteiger partial charge in [-0.25, -0.2) is 13.1 Å². The van der Waals surface area contributed by atoms with Gasteiger partial charge in [0.15, 0.2) is 0 Å². The van der Waals surface area contributed by atoms with Gasteiger partial charge in [0.1, 0.15) is 0 Å². The molecule has 0 aliphatic heterocycles. The largest absolute Gasteiger partial charge is 0.398 e. The first-order valence-corrected chi connectivity index (χ1v) is 7.19. The summed E-state index contributed by atoms with van der Waals surface area (Å²) < 4.78 is 26.7. The molecule has 0 radical (unpaired) electrons. The average Bonchev–Trinajstić information content (AvgIpc) is 2.23. The molecular weight excluding hydrogens is 252 g/mol. The third kappa shape index (κ3) is 3.01. The van der Waals surface area contributed by atoms with Crippen LogP contribution < -0.4 is 10.5 Å². The molecule has 0 aliphatic carbocycles. The molecule has 18 heavy (non-hydrogen) atoms. The molecule has 1 rings (SSSR count). The van der Waals surface area contributed by atoms with E-state index >= 15 is 0 Å². The van der Waals surface area contributed by atoms with E-state index in [4.69, 9.17) is 10.8 Å². The van der Waals surface area contributed by atoms with E-state index in [2.05, 4.69) is 4.72 Å². The summed E-state index contributed by atoms with van der Waals surface area (Å²) in [6.45, 7) is 6.76. The highest BCUT2D eigenvalue weighted by molar-refractivity contribution is 7.89. The average molecular weight is 272 g/mol. The number of hydrogen-bond donors (Lipinski definition) is 3. The van der Waals surface area contributed by atoms with Crippen LogP contribution in [0.2, 0.25) is 0 Å². The first-order valence-electron chi connectivity index (χ1n) is 5.70. The summed E-state index contributed by atoms with van der Waals surface area (Å²) in [6, 6.07) is 1.75. The highest BCUT2D eigenvalue weighted by atomic mass is 32.2. The first kappa shape index (κ1) is 14.9. The Balaban J connectivity index is 3.29. The van der Waals surface area contributed by atoms with Gasteiger partial charge in [-0.3, -0.25) is 0 Å². The molecule has 6 heteroatoms. The minimum atomic E-state index is -3.65. The molecule has 0 fully saturated rings. The number of hydrogen-bond acceptors (Lipinski definition) is 4. The number of aliphatic hydroxyl groups is 1. The first-order chi connectivity index (χ1) is 8.16. The van der Waals surface area contributed by atoms with Crippen molar-refractivity contribution in [3.05, 3.63) is 22.8 Å². The van der Waals surface area contributed by atoms with E-state index < -0.39 is 16.1 Å². The van der Waals surface area contributed by atoms with Crippen molar-refractivity contribution < 1.29 is 13.5 Å². The lowest BCUT2D eigenvalue weighted by molar-refractivity contribution is 0.198. The van der Waals surface area contributed by atoms with Gasteiger partial charge in [-0.15, -0.1) is 0 Å². The Morgan fingerprint density at radius 1 is 1.33 bits per heavy atom. The SMILES string of the molecule is Cc1cc(C)c(S(=O)(=O)NCC(C)O)c(C)c1N. The molecule has 0 bridgehead atoms. The van der Waals surface area contributed by atoms with Crippen LogP contribution in [0.3, 0.4) is 0 Å². The van der Waals surface area contributed by atoms with Gasteiger partial charge in [-0.1, -0.05) is 6.07 Å². The number of aryl methyl sites for hydroxylation is 2. The van der Waals surface area contributed by atoms with E-state index in [1.54, 1.807) is 19.9 Å². The number of benzene rings is 1. The predicted octanol–water partition coefficient (Wildman–Crippen LogP) is 0.853. The van der Waals surface area contributed by atoms with Crippen LogP contribution in [0.25, 0.3) is 0 Å². The van der Waals surface area contributed by atoms with Crippen molar-refractivity contribution in [1.82, 2.24) is 4.72 Å². The number of nitrogen functional groups attached to an aromatic ring is 1. The van der Waals surface area contributed by atoms with Gasteiger partial charge in [-0.05, 0) is 44.4 Å². The molecule has 1 aromatic carbocycles. The van der Waals surface area contributed by atoms with E-state index in [1.807, 2.05) is 6.92 Å². The minimum absolute atomic E-state index is 0.0189. The fourth-order valence-corrected chi connectivity index (χ4v) is 3.50. The predicted molar refractivity (Wildman–Crippen MR) is 71.9 cm³/mol. The summed E-state index contributed by atoms with van der Waals surface area (Å²) in [5.41, 5.74) is 8.40. The Kier molecular flexibility index (Phi) is 4.37. The quantitative estimate of drug-likeness (QED) is 0.709. The molecule has 0 spiro atoms. The maximum atomic E-state index is 12.2. The van der Waals surface area contributed by atoms with Crippen molar-refractivity contribution >= 4 is 15.7 Å². The molecule has 5 nitrogen and oxygen atoms in total. The van der Waals surface area contributed by atoms with Crippen LogP contribution in [-0.4, -0.2) is 26.2 Å². The molecule has 4 N–H and O–H groups in total. The number of sulfonamides is 1. The van der Waals surface area contributed by atoms with E-state index in [0.29, 0.717) is 16.8 Å². The number of anilines is 1. The zero-order valence-corrected chi connectivity index (χ0v) is 11.9. The lowest BCUT2D eigenvalue weighted by Crippen LogP contribution is -2.31. The summed E-state index contributed by atoms with van der Waals surface area (Å²) in [5.74, 6) is 0. The zero-order chi connectivity index (χ0) is 14.1. The second-order valence-electron chi connectivity index (χ2n) is 4.58. The molecule has 0 saturated carbocycles. The maximum Gasteiger partial charge on any atom is 0.241 e. The van der Waals surface area contributed by atoms with Crippen LogP contribution in [-0.2, 0) is 10.0 Å². The third-order valence-electron chi connectivity index (χ3n) is 2.80. The lowest BCUT2D eigenvalue weighted by Gasteiger charge is -2.16. The molecule has 1 atom stereocenters. The van der Waals surface area contributed by atoms with Crippen LogP contribution in [0.4, 0.5) is 5.69 Å². The van der Waals surface area contributed by atoms with Gasteiger partial charge in [0, 0.05) is 12.2 Å². The van der Waals surface area contributed by atoms with Gasteiger partial charge in [0.05, 0.1) is 11.0 Å². The monoisotopic (exact) mass is 272 g/mol. The molecule has 1 aromatic rings. The summed E-state index contributed by atoms with van der Waals surface area (Å²) in [5, 5.41) is 9.15. The second kappa shape index (κ2) is 5.26. The van der Waals surface area contributed by atoms with Crippen LogP contribution in [0, 0.1) is 20.8 Å². The minimum Gasteiger partial charge on any atom is -0.398 e. The van der Waals surface area contributed by atoms with Crippen LogP contribution in [0.5, 0.6) is 0 Å². The van der Waals surface area contributed by atoms with E-state index in [9.17, 15) is 8.42 Å². The highest BCUT2D eigenvalue weighted by Crippen LogP contribution is 2.27. The zero-order valence-electron chi connectivity index (χ0n) is 11.1. The topological polar surface area (TPSA) is 92.4 Å². The van der Waals surface area contributed by atoms with Crippen LogP contribution in [0.1, 0.15) is 23.6 Å².